The van der Waals surface area contributed by atoms with E-state index in [-0.39, 0.29) is 0 Å². The van der Waals surface area contributed by atoms with E-state index >= 15 is 0 Å². The summed E-state index contributed by atoms with van der Waals surface area (Å²) < 4.78 is 16.4. The lowest BCUT2D eigenvalue weighted by Gasteiger charge is -2.11. The molecule has 0 fully saturated rings. The number of hydrogen-bond donors (Lipinski definition) is 1. The molecule has 0 aliphatic heterocycles. The molecule has 5 nitrogen and oxygen atoms in total. The highest BCUT2D eigenvalue weighted by atomic mass is 16.5. The number of aromatic nitrogens is 1. The van der Waals surface area contributed by atoms with E-state index in [0.29, 0.717) is 25.6 Å². The number of nitrogens with zero attached hydrogens (tertiary/aromatic N) is 1. The van der Waals surface area contributed by atoms with Gasteiger partial charge < -0.3 is 19.2 Å². The molecule has 2 rings (SSSR count). The van der Waals surface area contributed by atoms with Gasteiger partial charge in [0.2, 0.25) is 5.89 Å². The van der Waals surface area contributed by atoms with Gasteiger partial charge in [0.1, 0.15) is 5.76 Å². The maximum atomic E-state index is 5.57. The lowest BCUT2D eigenvalue weighted by atomic mass is 10.2. The molecule has 1 N–H and O–H groups in total. The molecule has 0 amide bonds. The van der Waals surface area contributed by atoms with Gasteiger partial charge in [0.05, 0.1) is 26.0 Å². The highest BCUT2D eigenvalue weighted by Gasteiger charge is 2.07. The van der Waals surface area contributed by atoms with Crippen molar-refractivity contribution >= 4 is 0 Å². The molecule has 114 valence electrons. The van der Waals surface area contributed by atoms with Gasteiger partial charge in [-0.3, -0.25) is 0 Å². The Morgan fingerprint density at radius 3 is 2.62 bits per heavy atom. The average molecular weight is 290 g/mol. The van der Waals surface area contributed by atoms with Crippen molar-refractivity contribution in [3.63, 3.8) is 0 Å². The maximum absolute atomic E-state index is 5.57. The van der Waals surface area contributed by atoms with Crippen LogP contribution in [-0.4, -0.2) is 18.7 Å². The van der Waals surface area contributed by atoms with Crippen LogP contribution in [0, 0.1) is 13.8 Å². The van der Waals surface area contributed by atoms with Crippen molar-refractivity contribution < 1.29 is 13.9 Å². The minimum atomic E-state index is 0.602. The van der Waals surface area contributed by atoms with Gasteiger partial charge >= 0.3 is 0 Å². The van der Waals surface area contributed by atoms with E-state index in [0.717, 1.165) is 28.5 Å². The van der Waals surface area contributed by atoms with E-state index in [2.05, 4.69) is 10.3 Å². The molecule has 0 saturated carbocycles. The number of rotatable bonds is 7. The summed E-state index contributed by atoms with van der Waals surface area (Å²) in [7, 11) is 1.64. The summed E-state index contributed by atoms with van der Waals surface area (Å²) in [6.45, 7) is 7.75. The number of ether oxygens (including phenoxy) is 2. The van der Waals surface area contributed by atoms with Crippen LogP contribution in [0.3, 0.4) is 0 Å². The minimum Gasteiger partial charge on any atom is -0.493 e. The van der Waals surface area contributed by atoms with Gasteiger partial charge in [0.25, 0.3) is 0 Å². The summed E-state index contributed by atoms with van der Waals surface area (Å²) in [6.07, 6.45) is 0. The molecule has 2 aromatic rings. The predicted molar refractivity (Wildman–Crippen MR) is 80.7 cm³/mol. The summed E-state index contributed by atoms with van der Waals surface area (Å²) >= 11 is 0. The maximum Gasteiger partial charge on any atom is 0.208 e. The monoisotopic (exact) mass is 290 g/mol. The highest BCUT2D eigenvalue weighted by molar-refractivity contribution is 5.42. The number of oxazole rings is 1. The van der Waals surface area contributed by atoms with Gasteiger partial charge in [-0.15, -0.1) is 0 Å². The summed E-state index contributed by atoms with van der Waals surface area (Å²) in [5.41, 5.74) is 2.06. The van der Waals surface area contributed by atoms with Crippen LogP contribution >= 0.6 is 0 Å². The second kappa shape index (κ2) is 7.13. The Labute approximate surface area is 125 Å². The number of methoxy groups -OCH3 is 1. The van der Waals surface area contributed by atoms with Crippen molar-refractivity contribution in [3.05, 3.63) is 41.1 Å². The third kappa shape index (κ3) is 3.98. The van der Waals surface area contributed by atoms with E-state index < -0.39 is 0 Å². The number of aryl methyl sites for hydroxylation is 2. The van der Waals surface area contributed by atoms with Crippen LogP contribution in [0.2, 0.25) is 0 Å². The van der Waals surface area contributed by atoms with Crippen molar-refractivity contribution in [2.24, 2.45) is 0 Å². The molecule has 21 heavy (non-hydrogen) atoms. The van der Waals surface area contributed by atoms with Crippen molar-refractivity contribution in [2.75, 3.05) is 13.7 Å². The second-order valence-electron chi connectivity index (χ2n) is 4.77. The number of benzene rings is 1. The first-order chi connectivity index (χ1) is 10.1. The molecule has 1 aromatic carbocycles. The zero-order valence-electron chi connectivity index (χ0n) is 13.0. The molecule has 0 bridgehead atoms. The summed E-state index contributed by atoms with van der Waals surface area (Å²) in [5, 5.41) is 3.31. The minimum absolute atomic E-state index is 0.602. The fourth-order valence-electron chi connectivity index (χ4n) is 2.03. The first-order valence-electron chi connectivity index (χ1n) is 7.07. The Bertz CT molecular complexity index is 574. The SMILES string of the molecule is CCOc1cc(CNCc2nc(C)c(C)o2)ccc1OC. The largest absolute Gasteiger partial charge is 0.493 e. The fourth-order valence-corrected chi connectivity index (χ4v) is 2.03. The van der Waals surface area contributed by atoms with E-state index in [1.165, 1.54) is 0 Å². The van der Waals surface area contributed by atoms with Crippen LogP contribution in [0.4, 0.5) is 0 Å². The zero-order chi connectivity index (χ0) is 15.2. The molecule has 0 unspecified atom stereocenters. The molecule has 0 radical (unpaired) electrons. The van der Waals surface area contributed by atoms with E-state index in [4.69, 9.17) is 13.9 Å². The molecule has 0 aliphatic carbocycles. The Hall–Kier alpha value is -2.01. The van der Waals surface area contributed by atoms with Crippen LogP contribution in [0.25, 0.3) is 0 Å². The molecule has 0 spiro atoms. The van der Waals surface area contributed by atoms with Crippen molar-refractivity contribution in [2.45, 2.75) is 33.9 Å². The molecule has 0 saturated heterocycles. The first kappa shape index (κ1) is 15.4. The normalized spacial score (nSPS) is 10.7. The van der Waals surface area contributed by atoms with Crippen molar-refractivity contribution in [1.82, 2.24) is 10.3 Å². The Kier molecular flexibility index (Phi) is 5.22. The molecule has 0 aliphatic rings. The van der Waals surface area contributed by atoms with Gasteiger partial charge in [-0.05, 0) is 38.5 Å². The van der Waals surface area contributed by atoms with Gasteiger partial charge in [-0.1, -0.05) is 6.07 Å². The number of nitrogens with one attached hydrogen (secondary N) is 1. The molecule has 1 aromatic heterocycles. The quantitative estimate of drug-likeness (QED) is 0.849. The van der Waals surface area contributed by atoms with Crippen molar-refractivity contribution in [1.29, 1.82) is 0 Å². The van der Waals surface area contributed by atoms with Gasteiger partial charge in [0.15, 0.2) is 11.5 Å². The molecular formula is C16H22N2O3. The lowest BCUT2D eigenvalue weighted by molar-refractivity contribution is 0.310. The molecule has 5 heteroatoms. The van der Waals surface area contributed by atoms with Crippen LogP contribution in [0.15, 0.2) is 22.6 Å². The Morgan fingerprint density at radius 2 is 2.00 bits per heavy atom. The highest BCUT2D eigenvalue weighted by Crippen LogP contribution is 2.28. The van der Waals surface area contributed by atoms with Crippen LogP contribution < -0.4 is 14.8 Å². The zero-order valence-corrected chi connectivity index (χ0v) is 13.0. The third-order valence-electron chi connectivity index (χ3n) is 3.21. The summed E-state index contributed by atoms with van der Waals surface area (Å²) in [4.78, 5) is 4.34. The summed E-state index contributed by atoms with van der Waals surface area (Å²) in [6, 6.07) is 5.92. The van der Waals surface area contributed by atoms with E-state index in [1.807, 2.05) is 39.0 Å². The smallest absolute Gasteiger partial charge is 0.208 e. The van der Waals surface area contributed by atoms with E-state index in [1.54, 1.807) is 7.11 Å². The molecule has 1 heterocycles. The number of hydrogen-bond acceptors (Lipinski definition) is 5. The van der Waals surface area contributed by atoms with Crippen molar-refractivity contribution in [3.8, 4) is 11.5 Å². The lowest BCUT2D eigenvalue weighted by Crippen LogP contribution is -2.13. The van der Waals surface area contributed by atoms with Gasteiger partial charge in [-0.25, -0.2) is 4.98 Å². The Balaban J connectivity index is 1.95. The van der Waals surface area contributed by atoms with Crippen LogP contribution in [0.1, 0.15) is 29.8 Å². The fraction of sp³-hybridized carbons (Fsp3) is 0.438. The van der Waals surface area contributed by atoms with Gasteiger partial charge in [0, 0.05) is 6.54 Å². The Morgan fingerprint density at radius 1 is 1.19 bits per heavy atom. The van der Waals surface area contributed by atoms with Crippen LogP contribution in [0.5, 0.6) is 11.5 Å². The third-order valence-corrected chi connectivity index (χ3v) is 3.21. The molecular weight excluding hydrogens is 268 g/mol. The second-order valence-corrected chi connectivity index (χ2v) is 4.77. The predicted octanol–water partition coefficient (Wildman–Crippen LogP) is 2.99. The van der Waals surface area contributed by atoms with Crippen LogP contribution in [-0.2, 0) is 13.1 Å². The average Bonchev–Trinajstić information content (AvgIpc) is 2.78. The first-order valence-corrected chi connectivity index (χ1v) is 7.07. The topological polar surface area (TPSA) is 56.5 Å². The van der Waals surface area contributed by atoms with E-state index in [9.17, 15) is 0 Å². The summed E-state index contributed by atoms with van der Waals surface area (Å²) in [5.74, 6) is 3.10. The molecule has 0 atom stereocenters. The van der Waals surface area contributed by atoms with Gasteiger partial charge in [-0.2, -0.15) is 0 Å². The standard InChI is InChI=1S/C16H22N2O3/c1-5-20-15-8-13(6-7-14(15)19-4)9-17-10-16-18-11(2)12(3)21-16/h6-8,17H,5,9-10H2,1-4H3.